The molecule has 0 bridgehead atoms. The number of benzene rings is 9. The summed E-state index contributed by atoms with van der Waals surface area (Å²) in [4.78, 5) is 2.67. The number of rotatable bonds is 5. The van der Waals surface area contributed by atoms with E-state index in [-0.39, 0.29) is 0 Å². The predicted molar refractivity (Wildman–Crippen MR) is 250 cm³/mol. The van der Waals surface area contributed by atoms with E-state index in [1.807, 2.05) is 0 Å². The topological polar surface area (TPSA) is 8.17 Å². The predicted octanol–water partition coefficient (Wildman–Crippen LogP) is 7.64. The van der Waals surface area contributed by atoms with Gasteiger partial charge in [0.2, 0.25) is 0 Å². The molecule has 2 aliphatic rings. The summed E-state index contributed by atoms with van der Waals surface area (Å²) < 4.78 is 2.48. The van der Waals surface area contributed by atoms with Crippen LogP contribution in [0.5, 0.6) is 0 Å². The van der Waals surface area contributed by atoms with Crippen molar-refractivity contribution in [3.05, 3.63) is 231 Å². The van der Waals surface area contributed by atoms with Gasteiger partial charge < -0.3 is 9.47 Å². The molecule has 2 aliphatic heterocycles. The summed E-state index contributed by atoms with van der Waals surface area (Å²) >= 11 is 0. The third kappa shape index (κ3) is 4.36. The van der Waals surface area contributed by atoms with Crippen LogP contribution < -0.4 is 46.4 Å². The molecule has 1 aromatic heterocycles. The van der Waals surface area contributed by atoms with E-state index in [1.165, 1.54) is 86.0 Å². The van der Waals surface area contributed by atoms with Crippen LogP contribution in [0, 0.1) is 0 Å². The van der Waals surface area contributed by atoms with Crippen molar-refractivity contribution in [3.8, 4) is 5.69 Å². The quantitative estimate of drug-likeness (QED) is 0.164. The number of para-hydroxylation sites is 4. The molecule has 0 aliphatic carbocycles. The lowest BCUT2D eigenvalue weighted by Crippen LogP contribution is -2.82. The van der Waals surface area contributed by atoms with Crippen LogP contribution in [0.3, 0.4) is 0 Å². The van der Waals surface area contributed by atoms with Crippen LogP contribution in [0.4, 0.5) is 17.1 Å². The third-order valence-corrected chi connectivity index (χ3v) is 22.6. The summed E-state index contributed by atoms with van der Waals surface area (Å²) in [5.41, 5.74) is 7.48. The second-order valence-corrected chi connectivity index (χ2v) is 23.1. The van der Waals surface area contributed by atoms with E-state index in [0.717, 1.165) is 0 Å². The fourth-order valence-corrected chi connectivity index (χ4v) is 21.1. The zero-order valence-electron chi connectivity index (χ0n) is 31.8. The van der Waals surface area contributed by atoms with E-state index < -0.39 is 16.1 Å². The Kier molecular flexibility index (Phi) is 7.30. The van der Waals surface area contributed by atoms with Crippen LogP contribution in [0.1, 0.15) is 0 Å². The van der Waals surface area contributed by atoms with Crippen molar-refractivity contribution >= 4 is 96.5 Å². The Morgan fingerprint density at radius 2 is 0.690 bits per heavy atom. The zero-order chi connectivity index (χ0) is 38.3. The summed E-state index contributed by atoms with van der Waals surface area (Å²) in [5.74, 6) is 0. The highest BCUT2D eigenvalue weighted by Gasteiger charge is 2.56. The summed E-state index contributed by atoms with van der Waals surface area (Å²) in [6.45, 7) is 0. The second-order valence-electron chi connectivity index (χ2n) is 15.6. The molecule has 12 rings (SSSR count). The Morgan fingerprint density at radius 3 is 1.19 bits per heavy atom. The molecule has 0 amide bonds. The first-order valence-corrected chi connectivity index (χ1v) is 24.2. The van der Waals surface area contributed by atoms with Gasteiger partial charge in [-0.05, 0) is 71.8 Å². The first-order chi connectivity index (χ1) is 28.8. The first kappa shape index (κ1) is 33.2. The fraction of sp³-hybridized carbons (Fsp3) is 0. The van der Waals surface area contributed by atoms with E-state index in [4.69, 9.17) is 0 Å². The molecule has 0 unspecified atom stereocenters. The van der Waals surface area contributed by atoms with Gasteiger partial charge in [0.25, 0.3) is 0 Å². The van der Waals surface area contributed by atoms with Crippen molar-refractivity contribution in [3.63, 3.8) is 0 Å². The number of hydrogen-bond acceptors (Lipinski definition) is 1. The van der Waals surface area contributed by atoms with Gasteiger partial charge in [0, 0.05) is 33.5 Å². The van der Waals surface area contributed by atoms with E-state index in [1.54, 1.807) is 0 Å². The Hall–Kier alpha value is -6.99. The Morgan fingerprint density at radius 1 is 0.293 bits per heavy atom. The van der Waals surface area contributed by atoms with Crippen molar-refractivity contribution < 1.29 is 0 Å². The van der Waals surface area contributed by atoms with Crippen LogP contribution in [-0.2, 0) is 0 Å². The van der Waals surface area contributed by atoms with Crippen LogP contribution >= 0.6 is 0 Å². The van der Waals surface area contributed by atoms with E-state index >= 15 is 0 Å². The molecule has 0 saturated carbocycles. The molecule has 0 N–H and O–H groups in total. The van der Waals surface area contributed by atoms with Crippen molar-refractivity contribution in [1.82, 2.24) is 4.57 Å². The Labute approximate surface area is 340 Å². The normalized spacial score (nSPS) is 14.4. The lowest BCUT2D eigenvalue weighted by molar-refractivity contribution is 1.17. The maximum Gasteiger partial charge on any atom is 0.184 e. The molecule has 4 heteroatoms. The van der Waals surface area contributed by atoms with E-state index in [0.29, 0.717) is 0 Å². The molecule has 272 valence electrons. The summed E-state index contributed by atoms with van der Waals surface area (Å²) in [5, 5.41) is 13.8. The Bertz CT molecular complexity index is 3030. The van der Waals surface area contributed by atoms with E-state index in [2.05, 4.69) is 240 Å². The molecule has 0 saturated heterocycles. The number of fused-ring (bicyclic) bond motifs is 7. The standard InChI is InChI=1S/C54H38N2Si2/c1-5-20-40(21-6-1)57(41-22-7-2-8-23-41)50-33-18-17-32-48(50)56-49-38-39(55-46-30-15-13-28-44(46)45-29-14-16-31-47(45)55)36-37-51(49)58(42-24-9-3-10-25-42,43-26-11-4-12-27-43)53-35-19-34-52(57)54(53)56/h1-38H. The molecule has 0 fully saturated rings. The van der Waals surface area contributed by atoms with Gasteiger partial charge in [0.15, 0.2) is 16.1 Å². The highest BCUT2D eigenvalue weighted by Crippen LogP contribution is 2.43. The molecule has 0 atom stereocenters. The van der Waals surface area contributed by atoms with E-state index in [9.17, 15) is 0 Å². The van der Waals surface area contributed by atoms with Crippen molar-refractivity contribution in [2.45, 2.75) is 0 Å². The molecule has 10 aromatic rings. The van der Waals surface area contributed by atoms with Crippen molar-refractivity contribution in [2.24, 2.45) is 0 Å². The molecular weight excluding hydrogens is 733 g/mol. The highest BCUT2D eigenvalue weighted by atomic mass is 28.3. The second kappa shape index (κ2) is 12.8. The number of anilines is 3. The maximum absolute atomic E-state index is 2.96. The van der Waals surface area contributed by atoms with Crippen molar-refractivity contribution in [1.29, 1.82) is 0 Å². The van der Waals surface area contributed by atoms with Gasteiger partial charge in [0.1, 0.15) is 0 Å². The van der Waals surface area contributed by atoms with Gasteiger partial charge in [-0.2, -0.15) is 0 Å². The molecule has 0 radical (unpaired) electrons. The van der Waals surface area contributed by atoms with Gasteiger partial charge in [-0.15, -0.1) is 0 Å². The lowest BCUT2D eigenvalue weighted by atomic mass is 10.1. The molecule has 9 aromatic carbocycles. The molecule has 58 heavy (non-hydrogen) atoms. The smallest absolute Gasteiger partial charge is 0.184 e. The first-order valence-electron chi connectivity index (χ1n) is 20.2. The SMILES string of the molecule is c1ccc([Si]2(c3ccccc3)c3ccccc3N3c4cc(-n5c6ccccc6c6ccccc65)ccc4[Si](c4ccccc4)(c4ccccc4)c4cccc2c43)cc1. The summed E-state index contributed by atoms with van der Waals surface area (Å²) in [6, 6.07) is 87.4. The summed E-state index contributed by atoms with van der Waals surface area (Å²) in [7, 11) is -5.84. The van der Waals surface area contributed by atoms with Gasteiger partial charge in [-0.3, -0.25) is 0 Å². The average Bonchev–Trinajstić information content (AvgIpc) is 3.64. The molecule has 0 spiro atoms. The van der Waals surface area contributed by atoms with Gasteiger partial charge in [0.05, 0.1) is 11.0 Å². The fourth-order valence-electron chi connectivity index (χ4n) is 10.7. The van der Waals surface area contributed by atoms with Crippen LogP contribution in [0.2, 0.25) is 0 Å². The lowest BCUT2D eigenvalue weighted by Gasteiger charge is -2.52. The van der Waals surface area contributed by atoms with Gasteiger partial charge in [-0.25, -0.2) is 0 Å². The van der Waals surface area contributed by atoms with Crippen molar-refractivity contribution in [2.75, 3.05) is 4.90 Å². The summed E-state index contributed by atoms with van der Waals surface area (Å²) in [6.07, 6.45) is 0. The van der Waals surface area contributed by atoms with Crippen LogP contribution in [0.25, 0.3) is 27.5 Å². The number of nitrogens with zero attached hydrogens (tertiary/aromatic N) is 2. The van der Waals surface area contributed by atoms with Crippen LogP contribution in [-0.4, -0.2) is 20.7 Å². The minimum atomic E-state index is -2.96. The van der Waals surface area contributed by atoms with Gasteiger partial charge in [-0.1, -0.05) is 200 Å². The monoisotopic (exact) mass is 770 g/mol. The largest absolute Gasteiger partial charge is 0.311 e. The minimum absolute atomic E-state index is 1.17. The number of aromatic nitrogens is 1. The maximum atomic E-state index is 2.67. The highest BCUT2D eigenvalue weighted by molar-refractivity contribution is 7.24. The third-order valence-electron chi connectivity index (χ3n) is 12.9. The average molecular weight is 771 g/mol. The zero-order valence-corrected chi connectivity index (χ0v) is 33.8. The minimum Gasteiger partial charge on any atom is -0.311 e. The molecule has 2 nitrogen and oxygen atoms in total. The molecular formula is C54H38N2Si2. The van der Waals surface area contributed by atoms with Gasteiger partial charge >= 0.3 is 0 Å². The number of hydrogen-bond donors (Lipinski definition) is 0. The van der Waals surface area contributed by atoms with Crippen LogP contribution in [0.15, 0.2) is 231 Å². The molecule has 3 heterocycles. The Balaban J connectivity index is 1.28.